The van der Waals surface area contributed by atoms with E-state index in [0.717, 1.165) is 24.5 Å². The summed E-state index contributed by atoms with van der Waals surface area (Å²) in [5, 5.41) is 5.68. The molecule has 88 valence electrons. The lowest BCUT2D eigenvalue weighted by Gasteiger charge is -2.05. The fourth-order valence-corrected chi connectivity index (χ4v) is 1.62. The van der Waals surface area contributed by atoms with E-state index < -0.39 is 0 Å². The molecule has 1 aromatic rings. The first-order chi connectivity index (χ1) is 7.83. The molecular formula is C10H16N4OS. The summed E-state index contributed by atoms with van der Waals surface area (Å²) < 4.78 is 2.65. The Balaban J connectivity index is 1.98. The maximum absolute atomic E-state index is 10.8. The van der Waals surface area contributed by atoms with Crippen LogP contribution in [0.2, 0.25) is 0 Å². The summed E-state index contributed by atoms with van der Waals surface area (Å²) in [6, 6.07) is 5.59. The van der Waals surface area contributed by atoms with Gasteiger partial charge in [0.1, 0.15) is 5.82 Å². The topological polar surface area (TPSA) is 66.1 Å². The van der Waals surface area contributed by atoms with Gasteiger partial charge in [-0.25, -0.2) is 9.78 Å². The molecule has 2 amide bonds. The molecule has 0 aliphatic rings. The second-order valence-electron chi connectivity index (χ2n) is 3.02. The number of hydrogen-bond acceptors (Lipinski definition) is 4. The standard InChI is InChI=1S/C10H16N4OS/c1-11-10(15)14-16-8-4-7-13-9-5-2-3-6-12-9/h2-3,5-6H,4,7-8H2,1H3,(H,12,13)(H2,11,14,15). The Morgan fingerprint density at radius 3 is 3.06 bits per heavy atom. The van der Waals surface area contributed by atoms with Crippen LogP contribution in [-0.4, -0.2) is 30.4 Å². The molecule has 1 rings (SSSR count). The molecule has 0 aromatic carbocycles. The van der Waals surface area contributed by atoms with E-state index in [0.29, 0.717) is 0 Å². The number of nitrogens with one attached hydrogen (secondary N) is 3. The molecular weight excluding hydrogens is 224 g/mol. The molecule has 0 aliphatic heterocycles. The molecule has 16 heavy (non-hydrogen) atoms. The summed E-state index contributed by atoms with van der Waals surface area (Å²) >= 11 is 1.40. The van der Waals surface area contributed by atoms with Gasteiger partial charge in [0.05, 0.1) is 0 Å². The summed E-state index contributed by atoms with van der Waals surface area (Å²) in [5.41, 5.74) is 0. The Morgan fingerprint density at radius 2 is 2.38 bits per heavy atom. The molecule has 1 aromatic heterocycles. The molecule has 0 radical (unpaired) electrons. The number of carbonyl (C=O) groups excluding carboxylic acids is 1. The zero-order valence-electron chi connectivity index (χ0n) is 9.19. The summed E-state index contributed by atoms with van der Waals surface area (Å²) in [6.07, 6.45) is 2.72. The predicted octanol–water partition coefficient (Wildman–Crippen LogP) is 1.46. The first-order valence-corrected chi connectivity index (χ1v) is 6.06. The first-order valence-electron chi connectivity index (χ1n) is 5.07. The molecule has 0 aliphatic carbocycles. The molecule has 6 heteroatoms. The minimum absolute atomic E-state index is 0.164. The van der Waals surface area contributed by atoms with Crippen molar-refractivity contribution in [1.29, 1.82) is 0 Å². The van der Waals surface area contributed by atoms with E-state index in [9.17, 15) is 4.79 Å². The molecule has 0 spiro atoms. The van der Waals surface area contributed by atoms with E-state index in [2.05, 4.69) is 20.3 Å². The van der Waals surface area contributed by atoms with Crippen molar-refractivity contribution in [3.8, 4) is 0 Å². The number of anilines is 1. The summed E-state index contributed by atoms with van der Waals surface area (Å²) in [5.74, 6) is 1.75. The van der Waals surface area contributed by atoms with Crippen LogP contribution in [0, 0.1) is 0 Å². The number of aromatic nitrogens is 1. The van der Waals surface area contributed by atoms with Gasteiger partial charge >= 0.3 is 6.03 Å². The van der Waals surface area contributed by atoms with Crippen LogP contribution >= 0.6 is 11.9 Å². The van der Waals surface area contributed by atoms with E-state index >= 15 is 0 Å². The Kier molecular flexibility index (Phi) is 6.17. The molecule has 0 saturated heterocycles. The van der Waals surface area contributed by atoms with Crippen molar-refractivity contribution in [3.63, 3.8) is 0 Å². The minimum Gasteiger partial charge on any atom is -0.370 e. The maximum atomic E-state index is 10.8. The summed E-state index contributed by atoms with van der Waals surface area (Å²) in [4.78, 5) is 14.9. The fraction of sp³-hybridized carbons (Fsp3) is 0.400. The molecule has 5 nitrogen and oxygen atoms in total. The van der Waals surface area contributed by atoms with Crippen LogP contribution in [0.15, 0.2) is 24.4 Å². The number of rotatable bonds is 6. The molecule has 1 heterocycles. The van der Waals surface area contributed by atoms with Crippen LogP contribution in [0.5, 0.6) is 0 Å². The molecule has 0 saturated carbocycles. The van der Waals surface area contributed by atoms with Crippen molar-refractivity contribution in [2.45, 2.75) is 6.42 Å². The zero-order chi connectivity index (χ0) is 11.6. The molecule has 0 unspecified atom stereocenters. The van der Waals surface area contributed by atoms with Crippen molar-refractivity contribution in [3.05, 3.63) is 24.4 Å². The highest BCUT2D eigenvalue weighted by Crippen LogP contribution is 2.01. The lowest BCUT2D eigenvalue weighted by molar-refractivity contribution is 0.248. The summed E-state index contributed by atoms with van der Waals surface area (Å²) in [6.45, 7) is 0.847. The Labute approximate surface area is 99.5 Å². The monoisotopic (exact) mass is 240 g/mol. The molecule has 0 fully saturated rings. The number of nitrogens with zero attached hydrogens (tertiary/aromatic N) is 1. The highest BCUT2D eigenvalue weighted by molar-refractivity contribution is 7.97. The van der Waals surface area contributed by atoms with Crippen LogP contribution < -0.4 is 15.4 Å². The van der Waals surface area contributed by atoms with Crippen molar-refractivity contribution < 1.29 is 4.79 Å². The highest BCUT2D eigenvalue weighted by Gasteiger charge is 1.95. The van der Waals surface area contributed by atoms with E-state index in [1.165, 1.54) is 11.9 Å². The molecule has 3 N–H and O–H groups in total. The van der Waals surface area contributed by atoms with E-state index in [1.54, 1.807) is 13.2 Å². The Bertz CT molecular complexity index is 307. The number of carbonyl (C=O) groups is 1. The van der Waals surface area contributed by atoms with Crippen LogP contribution in [0.3, 0.4) is 0 Å². The number of amides is 2. The van der Waals surface area contributed by atoms with Gasteiger partial charge in [-0.05, 0) is 30.5 Å². The minimum atomic E-state index is -0.164. The van der Waals surface area contributed by atoms with Crippen LogP contribution in [0.1, 0.15) is 6.42 Å². The first kappa shape index (κ1) is 12.6. The van der Waals surface area contributed by atoms with Gasteiger partial charge < -0.3 is 10.6 Å². The van der Waals surface area contributed by atoms with Crippen LogP contribution in [0.25, 0.3) is 0 Å². The lowest BCUT2D eigenvalue weighted by Crippen LogP contribution is -2.27. The second kappa shape index (κ2) is 7.81. The second-order valence-corrected chi connectivity index (χ2v) is 3.93. The quantitative estimate of drug-likeness (QED) is 0.520. The van der Waals surface area contributed by atoms with Crippen LogP contribution in [-0.2, 0) is 0 Å². The molecule has 0 bridgehead atoms. The average Bonchev–Trinajstić information content (AvgIpc) is 2.34. The van der Waals surface area contributed by atoms with E-state index in [4.69, 9.17) is 0 Å². The third kappa shape index (κ3) is 5.45. The fourth-order valence-electron chi connectivity index (χ4n) is 0.996. The van der Waals surface area contributed by atoms with Crippen molar-refractivity contribution in [1.82, 2.24) is 15.0 Å². The SMILES string of the molecule is CNC(=O)NSCCCNc1ccccn1. The number of urea groups is 1. The smallest absolute Gasteiger partial charge is 0.324 e. The zero-order valence-corrected chi connectivity index (χ0v) is 10.0. The predicted molar refractivity (Wildman–Crippen MR) is 67.4 cm³/mol. The maximum Gasteiger partial charge on any atom is 0.324 e. The normalized spacial score (nSPS) is 9.56. The van der Waals surface area contributed by atoms with Gasteiger partial charge in [-0.3, -0.25) is 4.72 Å². The Hall–Kier alpha value is -1.43. The third-order valence-corrected chi connectivity index (χ3v) is 2.61. The van der Waals surface area contributed by atoms with Gasteiger partial charge in [0.25, 0.3) is 0 Å². The van der Waals surface area contributed by atoms with E-state index in [1.807, 2.05) is 18.2 Å². The van der Waals surface area contributed by atoms with Crippen molar-refractivity contribution in [2.75, 3.05) is 24.7 Å². The van der Waals surface area contributed by atoms with Gasteiger partial charge in [0, 0.05) is 25.5 Å². The lowest BCUT2D eigenvalue weighted by atomic mass is 10.4. The third-order valence-electron chi connectivity index (χ3n) is 1.79. The van der Waals surface area contributed by atoms with Gasteiger partial charge in [0.2, 0.25) is 0 Å². The number of pyridine rings is 1. The van der Waals surface area contributed by atoms with Crippen molar-refractivity contribution in [2.24, 2.45) is 0 Å². The van der Waals surface area contributed by atoms with E-state index in [-0.39, 0.29) is 6.03 Å². The Morgan fingerprint density at radius 1 is 1.50 bits per heavy atom. The van der Waals surface area contributed by atoms with Gasteiger partial charge in [-0.15, -0.1) is 0 Å². The number of hydrogen-bond donors (Lipinski definition) is 3. The molecule has 0 atom stereocenters. The van der Waals surface area contributed by atoms with Gasteiger partial charge in [0.15, 0.2) is 0 Å². The van der Waals surface area contributed by atoms with Gasteiger partial charge in [-0.2, -0.15) is 0 Å². The largest absolute Gasteiger partial charge is 0.370 e. The average molecular weight is 240 g/mol. The van der Waals surface area contributed by atoms with Gasteiger partial charge in [-0.1, -0.05) is 6.07 Å². The van der Waals surface area contributed by atoms with Crippen LogP contribution in [0.4, 0.5) is 10.6 Å². The highest BCUT2D eigenvalue weighted by atomic mass is 32.2. The van der Waals surface area contributed by atoms with Crippen molar-refractivity contribution >= 4 is 23.8 Å². The summed E-state index contributed by atoms with van der Waals surface area (Å²) in [7, 11) is 1.60.